The van der Waals surface area contributed by atoms with Crippen LogP contribution in [0.2, 0.25) is 0 Å². The summed E-state index contributed by atoms with van der Waals surface area (Å²) in [6, 6.07) is 12.9. The predicted molar refractivity (Wildman–Crippen MR) is 111 cm³/mol. The number of benzene rings is 1. The molecule has 0 saturated heterocycles. The molecule has 0 bridgehead atoms. The molecular weight excluding hydrogens is 382 g/mol. The van der Waals surface area contributed by atoms with Crippen LogP contribution in [0.15, 0.2) is 59.3 Å². The molecule has 4 rings (SSSR count). The second-order valence-corrected chi connectivity index (χ2v) is 7.16. The second kappa shape index (κ2) is 7.82. The molecule has 0 unspecified atom stereocenters. The quantitative estimate of drug-likeness (QED) is 0.508. The smallest absolute Gasteiger partial charge is 0.305 e. The van der Waals surface area contributed by atoms with Gasteiger partial charge in [0.05, 0.1) is 17.5 Å². The van der Waals surface area contributed by atoms with E-state index in [4.69, 9.17) is 4.42 Å². The maximum Gasteiger partial charge on any atom is 0.305 e. The molecule has 4 aromatic rings. The predicted octanol–water partition coefficient (Wildman–Crippen LogP) is 3.52. The van der Waals surface area contributed by atoms with Crippen molar-refractivity contribution in [2.75, 3.05) is 0 Å². The number of aryl methyl sites for hydroxylation is 1. The molecule has 8 nitrogen and oxygen atoms in total. The van der Waals surface area contributed by atoms with Crippen LogP contribution in [-0.4, -0.2) is 26.6 Å². The number of aromatic nitrogens is 3. The molecule has 0 aliphatic carbocycles. The highest BCUT2D eigenvalue weighted by Crippen LogP contribution is 2.25. The zero-order valence-electron chi connectivity index (χ0n) is 16.8. The number of pyridine rings is 1. The van der Waals surface area contributed by atoms with E-state index in [1.165, 1.54) is 6.20 Å². The topological polar surface area (TPSA) is 102 Å². The van der Waals surface area contributed by atoms with Gasteiger partial charge in [0.25, 0.3) is 5.91 Å². The summed E-state index contributed by atoms with van der Waals surface area (Å²) in [7, 11) is 0. The minimum absolute atomic E-state index is 0.00331. The molecule has 0 radical (unpaired) electrons. The third-order valence-electron chi connectivity index (χ3n) is 4.80. The number of hydrogen-bond donors (Lipinski definition) is 2. The first kappa shape index (κ1) is 19.4. The summed E-state index contributed by atoms with van der Waals surface area (Å²) in [5, 5.41) is 5.17. The van der Waals surface area contributed by atoms with E-state index in [1.54, 1.807) is 23.9 Å². The summed E-state index contributed by atoms with van der Waals surface area (Å²) in [5.74, 6) is -0.223. The number of carbonyl (C=O) groups is 2. The molecule has 3 aromatic heterocycles. The monoisotopic (exact) mass is 403 g/mol. The minimum Gasteiger partial charge on any atom is -0.451 e. The molecule has 2 amide bonds. The average molecular weight is 403 g/mol. The first-order valence-corrected chi connectivity index (χ1v) is 9.55. The third-order valence-corrected chi connectivity index (χ3v) is 4.80. The molecule has 0 fully saturated rings. The van der Waals surface area contributed by atoms with Crippen molar-refractivity contribution >= 4 is 22.8 Å². The number of fused-ring (bicyclic) bond motifs is 1. The molecule has 0 aliphatic heterocycles. The Hall–Kier alpha value is -3.94. The number of furan rings is 1. The van der Waals surface area contributed by atoms with Crippen LogP contribution in [0.5, 0.6) is 0 Å². The van der Waals surface area contributed by atoms with E-state index in [2.05, 4.69) is 20.9 Å². The van der Waals surface area contributed by atoms with Gasteiger partial charge < -0.3 is 4.42 Å². The van der Waals surface area contributed by atoms with Crippen LogP contribution < -0.4 is 10.9 Å². The molecule has 2 N–H and O–H groups in total. The van der Waals surface area contributed by atoms with Crippen molar-refractivity contribution in [1.29, 1.82) is 0 Å². The molecule has 0 atom stereocenters. The van der Waals surface area contributed by atoms with E-state index in [0.29, 0.717) is 28.2 Å². The highest BCUT2D eigenvalue weighted by atomic mass is 16.3. The maximum atomic E-state index is 12.8. The number of amides is 2. The lowest BCUT2D eigenvalue weighted by Gasteiger charge is -2.12. The normalized spacial score (nSPS) is 11.1. The van der Waals surface area contributed by atoms with E-state index < -0.39 is 11.8 Å². The van der Waals surface area contributed by atoms with Crippen molar-refractivity contribution in [3.8, 4) is 5.82 Å². The van der Waals surface area contributed by atoms with E-state index in [-0.39, 0.29) is 11.7 Å². The number of para-hydroxylation sites is 1. The van der Waals surface area contributed by atoms with Gasteiger partial charge in [-0.25, -0.2) is 9.67 Å². The van der Waals surface area contributed by atoms with Gasteiger partial charge in [0, 0.05) is 17.1 Å². The van der Waals surface area contributed by atoms with Crippen molar-refractivity contribution < 1.29 is 14.0 Å². The average Bonchev–Trinajstić information content (AvgIpc) is 3.35. The molecule has 8 heteroatoms. The number of hydrazine groups is 1. The fourth-order valence-corrected chi connectivity index (χ4v) is 3.38. The van der Waals surface area contributed by atoms with Crippen molar-refractivity contribution in [3.05, 3.63) is 77.4 Å². The van der Waals surface area contributed by atoms with E-state index in [9.17, 15) is 9.59 Å². The second-order valence-electron chi connectivity index (χ2n) is 7.16. The van der Waals surface area contributed by atoms with Crippen LogP contribution in [0.25, 0.3) is 16.8 Å². The van der Waals surface area contributed by atoms with Crippen molar-refractivity contribution in [1.82, 2.24) is 25.6 Å². The summed E-state index contributed by atoms with van der Waals surface area (Å²) in [4.78, 5) is 29.6. The van der Waals surface area contributed by atoms with E-state index in [1.807, 2.05) is 50.2 Å². The third kappa shape index (κ3) is 3.43. The van der Waals surface area contributed by atoms with Crippen LogP contribution in [0.1, 0.15) is 51.9 Å². The number of hydrogen-bond acceptors (Lipinski definition) is 5. The molecule has 0 saturated carbocycles. The molecule has 30 heavy (non-hydrogen) atoms. The van der Waals surface area contributed by atoms with Crippen LogP contribution in [0, 0.1) is 6.92 Å². The molecule has 3 heterocycles. The molecule has 1 aromatic carbocycles. The van der Waals surface area contributed by atoms with Gasteiger partial charge in [0.2, 0.25) is 0 Å². The molecule has 0 spiro atoms. The van der Waals surface area contributed by atoms with Gasteiger partial charge in [-0.15, -0.1) is 0 Å². The SMILES string of the molecule is Cc1c(C(=O)NNC(=O)c2cnn(-c3ccccn3)c2C(C)C)oc2ccccc12. The van der Waals surface area contributed by atoms with Crippen LogP contribution >= 0.6 is 0 Å². The van der Waals surface area contributed by atoms with E-state index in [0.717, 1.165) is 5.39 Å². The Kier molecular flexibility index (Phi) is 5.05. The van der Waals surface area contributed by atoms with Crippen molar-refractivity contribution in [2.45, 2.75) is 26.7 Å². The lowest BCUT2D eigenvalue weighted by atomic mass is 10.1. The number of nitrogens with zero attached hydrogens (tertiary/aromatic N) is 3. The Morgan fingerprint density at radius 3 is 2.47 bits per heavy atom. The Bertz CT molecular complexity index is 1220. The van der Waals surface area contributed by atoms with Crippen molar-refractivity contribution in [2.24, 2.45) is 0 Å². The summed E-state index contributed by atoms with van der Waals surface area (Å²) in [6.07, 6.45) is 3.13. The number of carbonyl (C=O) groups excluding carboxylic acids is 2. The number of nitrogens with one attached hydrogen (secondary N) is 2. The van der Waals surface area contributed by atoms with Crippen LogP contribution in [0.4, 0.5) is 0 Å². The number of rotatable bonds is 4. The molecule has 0 aliphatic rings. The Morgan fingerprint density at radius 2 is 1.77 bits per heavy atom. The Labute approximate surface area is 172 Å². The highest BCUT2D eigenvalue weighted by molar-refractivity contribution is 6.01. The standard InChI is InChI=1S/C22H21N5O3/c1-13(2)19-16(12-24-27(19)18-10-6-7-11-23-18)21(28)25-26-22(29)20-14(3)15-8-4-5-9-17(15)30-20/h4-13H,1-3H3,(H,25,28)(H,26,29). The van der Waals surface area contributed by atoms with Crippen LogP contribution in [0.3, 0.4) is 0 Å². The first-order valence-electron chi connectivity index (χ1n) is 9.55. The molecular formula is C22H21N5O3. The largest absolute Gasteiger partial charge is 0.451 e. The fraction of sp³-hybridized carbons (Fsp3) is 0.182. The molecule has 152 valence electrons. The van der Waals surface area contributed by atoms with Crippen LogP contribution in [-0.2, 0) is 0 Å². The summed E-state index contributed by atoms with van der Waals surface area (Å²) >= 11 is 0. The van der Waals surface area contributed by atoms with E-state index >= 15 is 0 Å². The van der Waals surface area contributed by atoms with Gasteiger partial charge in [-0.3, -0.25) is 20.4 Å². The van der Waals surface area contributed by atoms with Gasteiger partial charge in [0.15, 0.2) is 11.6 Å². The first-order chi connectivity index (χ1) is 14.5. The lowest BCUT2D eigenvalue weighted by molar-refractivity contribution is 0.0831. The summed E-state index contributed by atoms with van der Waals surface area (Å²) < 4.78 is 7.26. The maximum absolute atomic E-state index is 12.8. The Morgan fingerprint density at radius 1 is 1.03 bits per heavy atom. The Balaban J connectivity index is 1.55. The van der Waals surface area contributed by atoms with Crippen molar-refractivity contribution in [3.63, 3.8) is 0 Å². The lowest BCUT2D eigenvalue weighted by Crippen LogP contribution is -2.42. The van der Waals surface area contributed by atoms with Gasteiger partial charge in [0.1, 0.15) is 5.58 Å². The summed E-state index contributed by atoms with van der Waals surface area (Å²) in [5.41, 5.74) is 7.27. The zero-order chi connectivity index (χ0) is 21.3. The zero-order valence-corrected chi connectivity index (χ0v) is 16.8. The van der Waals surface area contributed by atoms with Gasteiger partial charge in [-0.1, -0.05) is 38.1 Å². The minimum atomic E-state index is -0.528. The fourth-order valence-electron chi connectivity index (χ4n) is 3.38. The van der Waals surface area contributed by atoms with Gasteiger partial charge in [-0.05, 0) is 31.0 Å². The van der Waals surface area contributed by atoms with Gasteiger partial charge in [-0.2, -0.15) is 5.10 Å². The highest BCUT2D eigenvalue weighted by Gasteiger charge is 2.23. The summed E-state index contributed by atoms with van der Waals surface area (Å²) in [6.45, 7) is 5.73. The van der Waals surface area contributed by atoms with Gasteiger partial charge >= 0.3 is 5.91 Å².